The van der Waals surface area contributed by atoms with E-state index >= 15 is 0 Å². The summed E-state index contributed by atoms with van der Waals surface area (Å²) in [5.41, 5.74) is 3.62. The van der Waals surface area contributed by atoms with E-state index in [1.165, 1.54) is 16.0 Å². The molecular weight excluding hydrogens is 452 g/mol. The number of ether oxygens (including phenoxy) is 2. The maximum Gasteiger partial charge on any atom is 0.294 e. The minimum absolute atomic E-state index is 0.184. The summed E-state index contributed by atoms with van der Waals surface area (Å²) in [5, 5.41) is 8.19. The summed E-state index contributed by atoms with van der Waals surface area (Å²) in [6.07, 6.45) is 0.605. The van der Waals surface area contributed by atoms with Gasteiger partial charge in [0, 0.05) is 12.1 Å². The summed E-state index contributed by atoms with van der Waals surface area (Å²) in [5.74, 6) is 0.992. The van der Waals surface area contributed by atoms with Crippen LogP contribution >= 0.6 is 11.3 Å². The Morgan fingerprint density at radius 2 is 1.79 bits per heavy atom. The fourth-order valence-electron chi connectivity index (χ4n) is 3.65. The van der Waals surface area contributed by atoms with Crippen LogP contribution in [0.4, 0.5) is 0 Å². The van der Waals surface area contributed by atoms with Crippen LogP contribution in [0.3, 0.4) is 0 Å². The Labute approximate surface area is 201 Å². The van der Waals surface area contributed by atoms with Crippen LogP contribution in [0.25, 0.3) is 21.5 Å². The molecule has 0 aliphatic rings. The highest BCUT2D eigenvalue weighted by atomic mass is 32.1. The van der Waals surface area contributed by atoms with Gasteiger partial charge in [0.15, 0.2) is 17.0 Å². The molecule has 0 saturated heterocycles. The molecule has 2 aromatic heterocycles. The van der Waals surface area contributed by atoms with Gasteiger partial charge in [-0.3, -0.25) is 9.59 Å². The number of thiazole rings is 1. The highest BCUT2D eigenvalue weighted by Crippen LogP contribution is 2.30. The molecule has 176 valence electrons. The number of aromatic nitrogens is 3. The van der Waals surface area contributed by atoms with Gasteiger partial charge in [0.2, 0.25) is 5.91 Å². The van der Waals surface area contributed by atoms with Crippen LogP contribution in [-0.2, 0) is 17.8 Å². The lowest BCUT2D eigenvalue weighted by atomic mass is 10.1. The molecular formula is C25H26N4O4S. The quantitative estimate of drug-likeness (QED) is 0.416. The van der Waals surface area contributed by atoms with Crippen LogP contribution in [0.15, 0.2) is 47.3 Å². The lowest BCUT2D eigenvalue weighted by Gasteiger charge is -2.11. The molecule has 0 radical (unpaired) electrons. The molecule has 0 fully saturated rings. The maximum absolute atomic E-state index is 13.0. The summed E-state index contributed by atoms with van der Waals surface area (Å²) in [4.78, 5) is 30.0. The van der Waals surface area contributed by atoms with E-state index in [0.29, 0.717) is 35.7 Å². The number of nitrogens with zero attached hydrogens (tertiary/aromatic N) is 3. The molecule has 0 aliphatic heterocycles. The van der Waals surface area contributed by atoms with Gasteiger partial charge in [-0.25, -0.2) is 9.67 Å². The van der Waals surface area contributed by atoms with E-state index in [1.54, 1.807) is 14.2 Å². The number of amides is 1. The zero-order valence-corrected chi connectivity index (χ0v) is 20.4. The van der Waals surface area contributed by atoms with Crippen LogP contribution in [0.1, 0.15) is 16.1 Å². The van der Waals surface area contributed by atoms with Crippen molar-refractivity contribution in [2.45, 2.75) is 26.8 Å². The largest absolute Gasteiger partial charge is 0.493 e. The Kier molecular flexibility index (Phi) is 6.93. The maximum atomic E-state index is 13.0. The topological polar surface area (TPSA) is 95.3 Å². The van der Waals surface area contributed by atoms with Gasteiger partial charge in [0.25, 0.3) is 5.56 Å². The van der Waals surface area contributed by atoms with Gasteiger partial charge < -0.3 is 14.8 Å². The predicted octanol–water partition coefficient (Wildman–Crippen LogP) is 3.51. The van der Waals surface area contributed by atoms with Gasteiger partial charge in [-0.15, -0.1) is 11.3 Å². The van der Waals surface area contributed by atoms with Crippen molar-refractivity contribution >= 4 is 27.5 Å². The Morgan fingerprint density at radius 3 is 2.50 bits per heavy atom. The monoisotopic (exact) mass is 478 g/mol. The number of benzene rings is 2. The summed E-state index contributed by atoms with van der Waals surface area (Å²) in [7, 11) is 3.17. The van der Waals surface area contributed by atoms with Crippen molar-refractivity contribution in [2.75, 3.05) is 20.8 Å². The molecule has 0 saturated carbocycles. The zero-order chi connectivity index (χ0) is 24.2. The first-order valence-corrected chi connectivity index (χ1v) is 11.6. The molecule has 1 N–H and O–H groups in total. The second-order valence-corrected chi connectivity index (χ2v) is 9.08. The van der Waals surface area contributed by atoms with Crippen molar-refractivity contribution in [1.82, 2.24) is 20.1 Å². The number of aryl methyl sites for hydroxylation is 2. The number of carbonyl (C=O) groups is 1. The Morgan fingerprint density at radius 1 is 1.06 bits per heavy atom. The lowest BCUT2D eigenvalue weighted by Crippen LogP contribution is -2.35. The van der Waals surface area contributed by atoms with E-state index in [1.807, 2.05) is 56.3 Å². The van der Waals surface area contributed by atoms with Gasteiger partial charge in [0.05, 0.1) is 23.9 Å². The number of methoxy groups -OCH3 is 2. The van der Waals surface area contributed by atoms with Crippen molar-refractivity contribution in [2.24, 2.45) is 0 Å². The molecule has 2 heterocycles. The van der Waals surface area contributed by atoms with Crippen LogP contribution in [0.5, 0.6) is 11.5 Å². The van der Waals surface area contributed by atoms with Crippen molar-refractivity contribution in [1.29, 1.82) is 0 Å². The number of carbonyl (C=O) groups excluding carboxylic acids is 1. The minimum Gasteiger partial charge on any atom is -0.493 e. The third-order valence-electron chi connectivity index (χ3n) is 5.41. The molecule has 8 nitrogen and oxygen atoms in total. The second-order valence-electron chi connectivity index (χ2n) is 7.88. The molecule has 34 heavy (non-hydrogen) atoms. The third-order valence-corrected chi connectivity index (χ3v) is 6.39. The number of rotatable bonds is 8. The van der Waals surface area contributed by atoms with E-state index in [2.05, 4.69) is 15.4 Å². The average molecular weight is 479 g/mol. The number of hydrogen-bond acceptors (Lipinski definition) is 7. The van der Waals surface area contributed by atoms with E-state index in [-0.39, 0.29) is 18.0 Å². The smallest absolute Gasteiger partial charge is 0.294 e. The zero-order valence-electron chi connectivity index (χ0n) is 19.5. The van der Waals surface area contributed by atoms with Gasteiger partial charge in [0.1, 0.15) is 12.2 Å². The van der Waals surface area contributed by atoms with Crippen molar-refractivity contribution in [3.63, 3.8) is 0 Å². The van der Waals surface area contributed by atoms with Crippen molar-refractivity contribution in [3.05, 3.63) is 69.0 Å². The minimum atomic E-state index is -0.370. The van der Waals surface area contributed by atoms with E-state index in [0.717, 1.165) is 26.4 Å². The predicted molar refractivity (Wildman–Crippen MR) is 133 cm³/mol. The van der Waals surface area contributed by atoms with Gasteiger partial charge in [-0.1, -0.05) is 35.9 Å². The molecule has 0 aliphatic carbocycles. The third kappa shape index (κ3) is 4.94. The molecule has 1 amide bonds. The molecule has 9 heteroatoms. The molecule has 0 bridgehead atoms. The molecule has 2 aromatic carbocycles. The molecule has 4 aromatic rings. The van der Waals surface area contributed by atoms with Crippen LogP contribution in [-0.4, -0.2) is 41.4 Å². The summed E-state index contributed by atoms with van der Waals surface area (Å²) >= 11 is 1.43. The standard InChI is InChI=1S/C25H26N4O4S/c1-15-5-8-18(9-6-15)22-24-23(27-16(2)34-24)25(31)29(28-22)14-21(30)26-12-11-17-7-10-19(32-3)20(13-17)33-4/h5-10,13H,11-12,14H2,1-4H3,(H,26,30). The second kappa shape index (κ2) is 10.0. The number of hydrogen-bond donors (Lipinski definition) is 1. The van der Waals surface area contributed by atoms with Gasteiger partial charge in [-0.05, 0) is 38.0 Å². The first-order chi connectivity index (χ1) is 16.4. The number of nitrogens with one attached hydrogen (secondary N) is 1. The first kappa shape index (κ1) is 23.4. The Balaban J connectivity index is 1.51. The molecule has 0 unspecified atom stereocenters. The van der Waals surface area contributed by atoms with Crippen LogP contribution < -0.4 is 20.3 Å². The highest BCUT2D eigenvalue weighted by Gasteiger charge is 2.18. The molecule has 0 atom stereocenters. The Bertz CT molecular complexity index is 1390. The van der Waals surface area contributed by atoms with Crippen LogP contribution in [0, 0.1) is 13.8 Å². The summed E-state index contributed by atoms with van der Waals surface area (Å²) < 4.78 is 12.5. The van der Waals surface area contributed by atoms with Crippen molar-refractivity contribution < 1.29 is 14.3 Å². The van der Waals surface area contributed by atoms with E-state index in [4.69, 9.17) is 9.47 Å². The van der Waals surface area contributed by atoms with Crippen molar-refractivity contribution in [3.8, 4) is 22.8 Å². The SMILES string of the molecule is COc1ccc(CCNC(=O)Cn2nc(-c3ccc(C)cc3)c3sc(C)nc3c2=O)cc1OC. The molecule has 0 spiro atoms. The highest BCUT2D eigenvalue weighted by molar-refractivity contribution is 7.19. The average Bonchev–Trinajstić information content (AvgIpc) is 3.23. The van der Waals surface area contributed by atoms with Crippen LogP contribution in [0.2, 0.25) is 0 Å². The summed E-state index contributed by atoms with van der Waals surface area (Å²) in [6.45, 7) is 4.09. The Hall–Kier alpha value is -3.72. The first-order valence-electron chi connectivity index (χ1n) is 10.8. The fraction of sp³-hybridized carbons (Fsp3) is 0.280. The van der Waals surface area contributed by atoms with E-state index < -0.39 is 0 Å². The van der Waals surface area contributed by atoms with Gasteiger partial charge >= 0.3 is 0 Å². The fourth-order valence-corrected chi connectivity index (χ4v) is 4.57. The summed E-state index contributed by atoms with van der Waals surface area (Å²) in [6, 6.07) is 13.5. The molecule has 4 rings (SSSR count). The van der Waals surface area contributed by atoms with Gasteiger partial charge in [-0.2, -0.15) is 5.10 Å². The number of fused-ring (bicyclic) bond motifs is 1. The normalized spacial score (nSPS) is 10.9. The lowest BCUT2D eigenvalue weighted by molar-refractivity contribution is -0.121. The van der Waals surface area contributed by atoms with E-state index in [9.17, 15) is 9.59 Å².